The van der Waals surface area contributed by atoms with Gasteiger partial charge in [0.15, 0.2) is 5.11 Å². The molecule has 0 radical (unpaired) electrons. The highest BCUT2D eigenvalue weighted by Crippen LogP contribution is 2.35. The number of nitrogens with zero attached hydrogens (tertiary/aromatic N) is 1. The van der Waals surface area contributed by atoms with Crippen LogP contribution in [0.4, 0.5) is 0 Å². The Bertz CT molecular complexity index is 683. The van der Waals surface area contributed by atoms with Crippen molar-refractivity contribution < 1.29 is 4.74 Å². The first-order valence-electron chi connectivity index (χ1n) is 8.88. The highest BCUT2D eigenvalue weighted by Gasteiger charge is 2.33. The second kappa shape index (κ2) is 8.34. The fourth-order valence-corrected chi connectivity index (χ4v) is 3.34. The van der Waals surface area contributed by atoms with Crippen LogP contribution in [-0.4, -0.2) is 23.2 Å². The number of hydrogen-bond donors (Lipinski definition) is 1. The van der Waals surface area contributed by atoms with Gasteiger partial charge >= 0.3 is 0 Å². The molecule has 1 aliphatic rings. The predicted molar refractivity (Wildman–Crippen MR) is 107 cm³/mol. The maximum atomic E-state index is 5.74. The van der Waals surface area contributed by atoms with Crippen molar-refractivity contribution in [3.05, 3.63) is 65.7 Å². The van der Waals surface area contributed by atoms with Crippen LogP contribution in [-0.2, 0) is 13.1 Å². The fraction of sp³-hybridized carbons (Fsp3) is 0.381. The van der Waals surface area contributed by atoms with Gasteiger partial charge in [-0.05, 0) is 61.2 Å². The highest BCUT2D eigenvalue weighted by atomic mass is 32.1. The van der Waals surface area contributed by atoms with Gasteiger partial charge in [0.05, 0.1) is 7.11 Å². The molecule has 1 aliphatic carbocycles. The van der Waals surface area contributed by atoms with Crippen LogP contribution in [0.1, 0.15) is 30.9 Å². The van der Waals surface area contributed by atoms with Gasteiger partial charge in [0, 0.05) is 19.1 Å². The second-order valence-corrected chi connectivity index (χ2v) is 7.09. The summed E-state index contributed by atoms with van der Waals surface area (Å²) in [7, 11) is 1.68. The lowest BCUT2D eigenvalue weighted by atomic mass is 10.1. The molecule has 0 aliphatic heterocycles. The Kier molecular flexibility index (Phi) is 5.92. The Balaban J connectivity index is 1.63. The molecule has 2 aromatic carbocycles. The Labute approximate surface area is 156 Å². The van der Waals surface area contributed by atoms with Crippen molar-refractivity contribution in [2.45, 2.75) is 38.9 Å². The maximum absolute atomic E-state index is 5.74. The number of rotatable bonds is 7. The molecule has 1 unspecified atom stereocenters. The summed E-state index contributed by atoms with van der Waals surface area (Å²) in [6, 6.07) is 19.1. The van der Waals surface area contributed by atoms with Crippen molar-refractivity contribution in [2.24, 2.45) is 5.92 Å². The van der Waals surface area contributed by atoms with Gasteiger partial charge in [-0.2, -0.15) is 0 Å². The quantitative estimate of drug-likeness (QED) is 0.746. The minimum absolute atomic E-state index is 0.469. The molecule has 0 amide bonds. The van der Waals surface area contributed by atoms with Gasteiger partial charge in [0.1, 0.15) is 5.75 Å². The van der Waals surface area contributed by atoms with Gasteiger partial charge in [-0.3, -0.25) is 0 Å². The molecule has 132 valence electrons. The number of benzene rings is 2. The van der Waals surface area contributed by atoms with E-state index < -0.39 is 0 Å². The van der Waals surface area contributed by atoms with Crippen molar-refractivity contribution in [2.75, 3.05) is 7.11 Å². The molecule has 3 rings (SSSR count). The van der Waals surface area contributed by atoms with E-state index in [2.05, 4.69) is 59.6 Å². The molecule has 0 aromatic heterocycles. The molecule has 25 heavy (non-hydrogen) atoms. The molecule has 2 aromatic rings. The summed E-state index contributed by atoms with van der Waals surface area (Å²) in [4.78, 5) is 2.34. The minimum Gasteiger partial charge on any atom is -0.497 e. The molecule has 1 saturated carbocycles. The first-order chi connectivity index (χ1) is 12.2. The second-order valence-electron chi connectivity index (χ2n) is 6.70. The third-order valence-electron chi connectivity index (χ3n) is 4.86. The van der Waals surface area contributed by atoms with E-state index in [9.17, 15) is 0 Å². The van der Waals surface area contributed by atoms with E-state index >= 15 is 0 Å². The topological polar surface area (TPSA) is 24.5 Å². The lowest BCUT2D eigenvalue weighted by Crippen LogP contribution is -2.45. The highest BCUT2D eigenvalue weighted by molar-refractivity contribution is 7.80. The lowest BCUT2D eigenvalue weighted by Gasteiger charge is -2.32. The van der Waals surface area contributed by atoms with Crippen LogP contribution in [0.2, 0.25) is 0 Å². The summed E-state index contributed by atoms with van der Waals surface area (Å²) in [5, 5.41) is 4.27. The lowest BCUT2D eigenvalue weighted by molar-refractivity contribution is 0.290. The van der Waals surface area contributed by atoms with Crippen LogP contribution in [0, 0.1) is 5.92 Å². The van der Waals surface area contributed by atoms with Crippen LogP contribution in [0.15, 0.2) is 54.6 Å². The third-order valence-corrected chi connectivity index (χ3v) is 5.23. The smallest absolute Gasteiger partial charge is 0.169 e. The Morgan fingerprint density at radius 2 is 1.80 bits per heavy atom. The minimum atomic E-state index is 0.469. The zero-order valence-corrected chi connectivity index (χ0v) is 15.8. The van der Waals surface area contributed by atoms with Crippen molar-refractivity contribution in [3.8, 4) is 5.75 Å². The van der Waals surface area contributed by atoms with Crippen molar-refractivity contribution >= 4 is 17.3 Å². The van der Waals surface area contributed by atoms with E-state index in [4.69, 9.17) is 17.0 Å². The average Bonchev–Trinajstić information content (AvgIpc) is 3.50. The van der Waals surface area contributed by atoms with Gasteiger partial charge in [0.25, 0.3) is 0 Å². The molecule has 1 fully saturated rings. The van der Waals surface area contributed by atoms with Crippen LogP contribution >= 0.6 is 12.2 Å². The van der Waals surface area contributed by atoms with Crippen LogP contribution in [0.25, 0.3) is 0 Å². The molecule has 0 heterocycles. The summed E-state index contributed by atoms with van der Waals surface area (Å²) < 4.78 is 5.21. The monoisotopic (exact) mass is 354 g/mol. The van der Waals surface area contributed by atoms with Crippen LogP contribution in [0.5, 0.6) is 5.75 Å². The standard InChI is InChI=1S/C21H26N2OS/c1-16(19-10-11-19)23(15-18-6-4-3-5-7-18)21(25)22-14-17-8-12-20(24-2)13-9-17/h3-9,12-13,16,19H,10-11,14-15H2,1-2H3,(H,22,25). The van der Waals surface area contributed by atoms with E-state index in [0.29, 0.717) is 6.04 Å². The van der Waals surface area contributed by atoms with Crippen molar-refractivity contribution in [1.82, 2.24) is 10.2 Å². The molecular formula is C21H26N2OS. The summed E-state index contributed by atoms with van der Waals surface area (Å²) in [5.41, 5.74) is 2.49. The Morgan fingerprint density at radius 1 is 1.12 bits per heavy atom. The zero-order chi connectivity index (χ0) is 17.6. The van der Waals surface area contributed by atoms with E-state index in [0.717, 1.165) is 29.9 Å². The average molecular weight is 355 g/mol. The molecule has 0 spiro atoms. The number of ether oxygens (including phenoxy) is 1. The molecule has 3 nitrogen and oxygen atoms in total. The van der Waals surface area contributed by atoms with Crippen LogP contribution in [0.3, 0.4) is 0 Å². The maximum Gasteiger partial charge on any atom is 0.169 e. The Hall–Kier alpha value is -2.07. The normalized spacial score (nSPS) is 14.6. The summed E-state index contributed by atoms with van der Waals surface area (Å²) >= 11 is 5.74. The van der Waals surface area contributed by atoms with Crippen molar-refractivity contribution in [1.29, 1.82) is 0 Å². The van der Waals surface area contributed by atoms with E-state index in [1.807, 2.05) is 12.1 Å². The fourth-order valence-electron chi connectivity index (χ4n) is 3.04. The number of hydrogen-bond acceptors (Lipinski definition) is 2. The van der Waals surface area contributed by atoms with E-state index in [1.165, 1.54) is 24.0 Å². The van der Waals surface area contributed by atoms with E-state index in [1.54, 1.807) is 7.11 Å². The largest absolute Gasteiger partial charge is 0.497 e. The van der Waals surface area contributed by atoms with E-state index in [-0.39, 0.29) is 0 Å². The molecule has 1 N–H and O–H groups in total. The number of methoxy groups -OCH3 is 1. The van der Waals surface area contributed by atoms with Gasteiger partial charge in [0.2, 0.25) is 0 Å². The molecule has 1 atom stereocenters. The van der Waals surface area contributed by atoms with Crippen LogP contribution < -0.4 is 10.1 Å². The molecular weight excluding hydrogens is 328 g/mol. The summed E-state index contributed by atoms with van der Waals surface area (Å²) in [6.07, 6.45) is 2.63. The van der Waals surface area contributed by atoms with Crippen molar-refractivity contribution in [3.63, 3.8) is 0 Å². The van der Waals surface area contributed by atoms with Gasteiger partial charge in [-0.15, -0.1) is 0 Å². The number of nitrogens with one attached hydrogen (secondary N) is 1. The molecule has 0 bridgehead atoms. The first kappa shape index (κ1) is 17.7. The first-order valence-corrected chi connectivity index (χ1v) is 9.29. The van der Waals surface area contributed by atoms with Gasteiger partial charge in [-0.25, -0.2) is 0 Å². The summed E-state index contributed by atoms with van der Waals surface area (Å²) in [6.45, 7) is 3.88. The van der Waals surface area contributed by atoms with Gasteiger partial charge < -0.3 is 15.0 Å². The molecule has 4 heteroatoms. The van der Waals surface area contributed by atoms with Gasteiger partial charge in [-0.1, -0.05) is 42.5 Å². The SMILES string of the molecule is COc1ccc(CNC(=S)N(Cc2ccccc2)C(C)C2CC2)cc1. The summed E-state index contributed by atoms with van der Waals surface area (Å²) in [5.74, 6) is 1.64. The third kappa shape index (κ3) is 4.95. The number of thiocarbonyl (C=S) groups is 1. The predicted octanol–water partition coefficient (Wildman–Crippen LogP) is 4.37. The molecule has 0 saturated heterocycles. The zero-order valence-electron chi connectivity index (χ0n) is 14.9. The Morgan fingerprint density at radius 3 is 2.40 bits per heavy atom.